The van der Waals surface area contributed by atoms with Gasteiger partial charge in [-0.25, -0.2) is 9.18 Å². The molecule has 0 spiro atoms. The number of carboxylic acids is 1. The molecule has 2 aromatic heterocycles. The molecule has 2 N–H and O–H groups in total. The van der Waals surface area contributed by atoms with E-state index < -0.39 is 41.3 Å². The van der Waals surface area contributed by atoms with Gasteiger partial charge in [0.2, 0.25) is 5.43 Å². The minimum Gasteiger partial charge on any atom is -0.542 e. The number of ether oxygens (including phenoxy) is 4. The molecule has 61 heavy (non-hydrogen) atoms. The van der Waals surface area contributed by atoms with E-state index in [0.717, 1.165) is 32.2 Å². The standard InChI is InChI=1S/C41H45FN4O8.C2HF3O2/c1-5-7-9-13-34(47)52-23-27-19-44-25(3)39(31(27)24-53-35(48)14-10-8-6-2)54-41(50)30-21-46(28-15-16-28)36-29(38(30)49)18-32(42)37(40(36)51-4)45-20-26-12-11-17-43-33(26)22-45;3-2(4,5)1(6)7/h1-2,18-19,21,26,28,33,43H,7-17,20,22-24H2,3-4H3;(H,6,7). The number of terminal acetylenes is 2. The maximum atomic E-state index is 16.2. The molecule has 0 amide bonds. The van der Waals surface area contributed by atoms with E-state index in [1.54, 1.807) is 6.92 Å². The zero-order valence-electron chi connectivity index (χ0n) is 33.7. The number of aromatic nitrogens is 2. The summed E-state index contributed by atoms with van der Waals surface area (Å²) in [6.45, 7) is 3.41. The summed E-state index contributed by atoms with van der Waals surface area (Å²) in [6, 6.07) is 1.53. The van der Waals surface area contributed by atoms with Crippen LogP contribution in [0.3, 0.4) is 0 Å². The molecule has 14 nitrogen and oxygen atoms in total. The Bertz CT molecular complexity index is 2280. The van der Waals surface area contributed by atoms with Crippen LogP contribution in [-0.4, -0.2) is 72.4 Å². The molecule has 1 saturated carbocycles. The summed E-state index contributed by atoms with van der Waals surface area (Å²) in [5.74, 6) is -0.0372. The number of aliphatic carboxylic acids is 1. The molecule has 3 aliphatic rings. The summed E-state index contributed by atoms with van der Waals surface area (Å²) in [5.41, 5.74) is 0.550. The SMILES string of the molecule is C#CCCCC(=O)OCc1cnc(C)c(OC(=O)c2cn(C3CC3)c3c(OC)c(N4CC5CCC[NH2+]C5C4)c(F)cc3c2=O)c1COC(=O)CCCC#C.O=C([O-])C(F)(F)F. The molecule has 1 aliphatic carbocycles. The highest BCUT2D eigenvalue weighted by atomic mass is 19.4. The fourth-order valence-corrected chi connectivity index (χ4v) is 7.45. The number of rotatable bonds is 15. The Morgan fingerprint density at radius 2 is 1.64 bits per heavy atom. The number of piperidine rings is 1. The van der Waals surface area contributed by atoms with E-state index in [1.165, 1.54) is 25.6 Å². The van der Waals surface area contributed by atoms with Crippen molar-refractivity contribution in [1.29, 1.82) is 0 Å². The van der Waals surface area contributed by atoms with Crippen LogP contribution < -0.4 is 30.2 Å². The molecule has 2 aliphatic heterocycles. The van der Waals surface area contributed by atoms with Crippen molar-refractivity contribution in [1.82, 2.24) is 9.55 Å². The largest absolute Gasteiger partial charge is 0.542 e. The van der Waals surface area contributed by atoms with Crippen molar-refractivity contribution in [3.63, 3.8) is 0 Å². The fraction of sp³-hybridized carbons (Fsp3) is 0.488. The number of alkyl halides is 3. The molecule has 2 saturated heterocycles. The van der Waals surface area contributed by atoms with Gasteiger partial charge < -0.3 is 43.6 Å². The van der Waals surface area contributed by atoms with E-state index in [1.807, 2.05) is 9.47 Å². The van der Waals surface area contributed by atoms with Crippen LogP contribution in [0, 0.1) is 43.3 Å². The lowest BCUT2D eigenvalue weighted by atomic mass is 9.94. The smallest absolute Gasteiger partial charge is 0.430 e. The van der Waals surface area contributed by atoms with Crippen molar-refractivity contribution in [3.05, 3.63) is 56.9 Å². The van der Waals surface area contributed by atoms with Crippen LogP contribution in [0.25, 0.3) is 10.9 Å². The molecule has 0 radical (unpaired) electrons. The van der Waals surface area contributed by atoms with Gasteiger partial charge >= 0.3 is 24.1 Å². The van der Waals surface area contributed by atoms with Crippen molar-refractivity contribution < 1.29 is 66.1 Å². The summed E-state index contributed by atoms with van der Waals surface area (Å²) in [6.07, 6.45) is 14.0. The summed E-state index contributed by atoms with van der Waals surface area (Å²) in [7, 11) is 1.47. The molecule has 326 valence electrons. The highest BCUT2D eigenvalue weighted by molar-refractivity contribution is 5.98. The van der Waals surface area contributed by atoms with Crippen LogP contribution >= 0.6 is 0 Å². The summed E-state index contributed by atoms with van der Waals surface area (Å²) >= 11 is 0. The summed E-state index contributed by atoms with van der Waals surface area (Å²) in [4.78, 5) is 68.4. The molecule has 18 heteroatoms. The third-order valence-corrected chi connectivity index (χ3v) is 10.6. The van der Waals surface area contributed by atoms with Crippen molar-refractivity contribution in [2.24, 2.45) is 5.92 Å². The Kier molecular flexibility index (Phi) is 15.4. The van der Waals surface area contributed by atoms with Gasteiger partial charge in [0.25, 0.3) is 0 Å². The molecule has 2 atom stereocenters. The molecule has 2 unspecified atom stereocenters. The van der Waals surface area contributed by atoms with Crippen LogP contribution in [0.2, 0.25) is 0 Å². The van der Waals surface area contributed by atoms with Gasteiger partial charge in [-0.1, -0.05) is 0 Å². The second kappa shape index (κ2) is 20.4. The van der Waals surface area contributed by atoms with E-state index in [0.29, 0.717) is 67.5 Å². The van der Waals surface area contributed by atoms with Crippen molar-refractivity contribution in [2.75, 3.05) is 31.6 Å². The Morgan fingerprint density at radius 3 is 2.21 bits per heavy atom. The van der Waals surface area contributed by atoms with Gasteiger partial charge in [0.1, 0.15) is 36.5 Å². The molecule has 6 rings (SSSR count). The quantitative estimate of drug-likeness (QED) is 0.102. The average molecular weight is 855 g/mol. The summed E-state index contributed by atoms with van der Waals surface area (Å²) in [5, 5.41) is 11.1. The predicted molar refractivity (Wildman–Crippen MR) is 208 cm³/mol. The highest BCUT2D eigenvalue weighted by Gasteiger charge is 2.40. The first kappa shape index (κ1) is 45.9. The second-order valence-electron chi connectivity index (χ2n) is 14.9. The van der Waals surface area contributed by atoms with Crippen LogP contribution in [0.1, 0.15) is 97.4 Å². The van der Waals surface area contributed by atoms with E-state index in [4.69, 9.17) is 41.7 Å². The lowest BCUT2D eigenvalue weighted by molar-refractivity contribution is -0.699. The molecule has 4 heterocycles. The van der Waals surface area contributed by atoms with E-state index in [-0.39, 0.29) is 65.8 Å². The normalized spacial score (nSPS) is 17.0. The first-order valence-electron chi connectivity index (χ1n) is 19.8. The Morgan fingerprint density at radius 1 is 1.00 bits per heavy atom. The van der Waals surface area contributed by atoms with E-state index in [9.17, 15) is 32.3 Å². The Hall–Kier alpha value is -6.14. The van der Waals surface area contributed by atoms with Crippen LogP contribution in [-0.2, 0) is 37.1 Å². The average Bonchev–Trinajstić information content (AvgIpc) is 3.98. The zero-order chi connectivity index (χ0) is 44.4. The number of methoxy groups -OCH3 is 1. The fourth-order valence-electron chi connectivity index (χ4n) is 7.45. The highest BCUT2D eigenvalue weighted by Crippen LogP contribution is 2.45. The van der Waals surface area contributed by atoms with Gasteiger partial charge in [-0.05, 0) is 51.5 Å². The number of hydrogen-bond acceptors (Lipinski definition) is 12. The van der Waals surface area contributed by atoms with Crippen LogP contribution in [0.15, 0.2) is 23.3 Å². The first-order valence-corrected chi connectivity index (χ1v) is 19.8. The van der Waals surface area contributed by atoms with Crippen molar-refractivity contribution in [2.45, 2.75) is 103 Å². The number of carbonyl (C=O) groups excluding carboxylic acids is 4. The number of hydrogen-bond donors (Lipinski definition) is 1. The lowest BCUT2D eigenvalue weighted by Gasteiger charge is -2.24. The number of fused-ring (bicyclic) bond motifs is 2. The number of pyridine rings is 2. The number of nitrogens with two attached hydrogens (primary N) is 1. The molecule has 1 aromatic carbocycles. The van der Waals surface area contributed by atoms with Gasteiger partial charge in [-0.15, -0.1) is 24.7 Å². The Labute approximate surface area is 348 Å². The van der Waals surface area contributed by atoms with Crippen LogP contribution in [0.5, 0.6) is 11.5 Å². The molecular formula is C43H46F4N4O10. The number of carbonyl (C=O) groups is 4. The number of anilines is 1. The second-order valence-corrected chi connectivity index (χ2v) is 14.9. The minimum absolute atomic E-state index is 0.000839. The van der Waals surface area contributed by atoms with Crippen molar-refractivity contribution >= 4 is 40.5 Å². The lowest BCUT2D eigenvalue weighted by Crippen LogP contribution is -2.93. The number of unbranched alkanes of at least 4 members (excludes halogenated alkanes) is 2. The van der Waals surface area contributed by atoms with Gasteiger partial charge in [0.05, 0.1) is 36.8 Å². The zero-order valence-corrected chi connectivity index (χ0v) is 33.7. The van der Waals surface area contributed by atoms with Gasteiger partial charge in [-0.3, -0.25) is 19.4 Å². The number of halogens is 4. The number of aryl methyl sites for hydroxylation is 1. The number of esters is 3. The molecule has 3 aromatic rings. The Balaban J connectivity index is 0.000000925. The predicted octanol–water partition coefficient (Wildman–Crippen LogP) is 3.56. The molecular weight excluding hydrogens is 808 g/mol. The number of quaternary nitrogens is 1. The van der Waals surface area contributed by atoms with Gasteiger partial charge in [-0.2, -0.15) is 13.2 Å². The van der Waals surface area contributed by atoms with Crippen LogP contribution in [0.4, 0.5) is 23.2 Å². The number of nitrogens with zero attached hydrogens (tertiary/aromatic N) is 3. The van der Waals surface area contributed by atoms with Gasteiger partial charge in [0.15, 0.2) is 17.3 Å². The molecule has 0 bridgehead atoms. The van der Waals surface area contributed by atoms with E-state index >= 15 is 4.39 Å². The van der Waals surface area contributed by atoms with E-state index in [2.05, 4.69) is 22.1 Å². The van der Waals surface area contributed by atoms with Crippen molar-refractivity contribution in [3.8, 4) is 36.2 Å². The number of carboxylic acid groups (broad SMARTS) is 1. The first-order chi connectivity index (χ1) is 29.1. The summed E-state index contributed by atoms with van der Waals surface area (Å²) < 4.78 is 72.4. The third kappa shape index (κ3) is 11.4. The van der Waals surface area contributed by atoms with Gasteiger partial charge in [0, 0.05) is 67.7 Å². The third-order valence-electron chi connectivity index (χ3n) is 10.6. The minimum atomic E-state index is -5.19. The number of benzene rings is 1. The topological polar surface area (TPSA) is 183 Å². The monoisotopic (exact) mass is 854 g/mol. The molecule has 3 fully saturated rings. The maximum Gasteiger partial charge on any atom is 0.430 e. The maximum absolute atomic E-state index is 16.2.